The van der Waals surface area contributed by atoms with Gasteiger partial charge in [0.15, 0.2) is 0 Å². The Kier molecular flexibility index (Phi) is 4.23. The van der Waals surface area contributed by atoms with Crippen molar-refractivity contribution in [1.82, 2.24) is 0 Å². The van der Waals surface area contributed by atoms with Crippen LogP contribution in [0.4, 0.5) is 11.4 Å². The molecule has 0 saturated carbocycles. The maximum absolute atomic E-state index is 11.1. The lowest BCUT2D eigenvalue weighted by Gasteiger charge is -2.14. The van der Waals surface area contributed by atoms with E-state index in [2.05, 4.69) is 5.32 Å². The largest absolute Gasteiger partial charge is 0.477 e. The van der Waals surface area contributed by atoms with Crippen molar-refractivity contribution in [3.05, 3.63) is 55.8 Å². The average molecular weight is 306 g/mol. The molecule has 0 fully saturated rings. The summed E-state index contributed by atoms with van der Waals surface area (Å²) in [6, 6.07) is 8.02. The fourth-order valence-electron chi connectivity index (χ4n) is 1.96. The molecule has 2 N–H and O–H groups in total. The van der Waals surface area contributed by atoms with E-state index in [1.165, 1.54) is 23.1 Å². The molecule has 0 aliphatic carbocycles. The summed E-state index contributed by atoms with van der Waals surface area (Å²) >= 11 is 1.65. The average Bonchev–Trinajstić information content (AvgIpc) is 2.85. The molecule has 1 aromatic carbocycles. The number of hydrogen-bond acceptors (Lipinski definition) is 5. The summed E-state index contributed by atoms with van der Waals surface area (Å²) in [5, 5.41) is 23.0. The highest BCUT2D eigenvalue weighted by Gasteiger charge is 2.20. The Hall–Kier alpha value is -2.41. The molecular formula is C14H14N2O4S. The van der Waals surface area contributed by atoms with Gasteiger partial charge < -0.3 is 10.4 Å². The molecule has 0 radical (unpaired) electrons. The van der Waals surface area contributed by atoms with Crippen LogP contribution in [-0.4, -0.2) is 16.0 Å². The number of thiophene rings is 1. The smallest absolute Gasteiger partial charge is 0.342 e. The summed E-state index contributed by atoms with van der Waals surface area (Å²) in [5.41, 5.74) is -0.191. The van der Waals surface area contributed by atoms with E-state index in [1.807, 2.05) is 26.0 Å². The number of nitrogens with zero attached hydrogens (tertiary/aromatic N) is 1. The van der Waals surface area contributed by atoms with Crippen LogP contribution in [0.3, 0.4) is 0 Å². The van der Waals surface area contributed by atoms with Crippen LogP contribution in [0.2, 0.25) is 0 Å². The van der Waals surface area contributed by atoms with Crippen LogP contribution in [0.15, 0.2) is 30.3 Å². The molecule has 2 aromatic rings. The molecule has 0 bridgehead atoms. The molecule has 0 saturated heterocycles. The monoisotopic (exact) mass is 306 g/mol. The summed E-state index contributed by atoms with van der Waals surface area (Å²) < 4.78 is 0. The van der Waals surface area contributed by atoms with Crippen LogP contribution in [-0.2, 0) is 0 Å². The van der Waals surface area contributed by atoms with Crippen molar-refractivity contribution in [3.63, 3.8) is 0 Å². The fraction of sp³-hybridized carbons (Fsp3) is 0.214. The molecular weight excluding hydrogens is 292 g/mol. The number of aryl methyl sites for hydroxylation is 1. The van der Waals surface area contributed by atoms with Crippen molar-refractivity contribution in [2.75, 3.05) is 5.32 Å². The van der Waals surface area contributed by atoms with Gasteiger partial charge in [0.2, 0.25) is 0 Å². The minimum absolute atomic E-state index is 0.00759. The molecule has 1 unspecified atom stereocenters. The second kappa shape index (κ2) is 5.92. The zero-order chi connectivity index (χ0) is 15.6. The molecule has 0 amide bonds. The molecule has 1 atom stereocenters. The lowest BCUT2D eigenvalue weighted by molar-refractivity contribution is -0.385. The molecule has 2 rings (SSSR count). The second-order valence-corrected chi connectivity index (χ2v) is 5.93. The van der Waals surface area contributed by atoms with E-state index in [9.17, 15) is 14.9 Å². The first-order valence-electron chi connectivity index (χ1n) is 6.23. The van der Waals surface area contributed by atoms with E-state index in [4.69, 9.17) is 5.11 Å². The molecule has 6 nitrogen and oxygen atoms in total. The Morgan fingerprint density at radius 2 is 2.10 bits per heavy atom. The van der Waals surface area contributed by atoms with Gasteiger partial charge >= 0.3 is 5.97 Å². The SMILES string of the molecule is Cc1ccc(C(C)Nc2ccc([N+](=O)[O-])c(C(=O)O)c2)s1. The van der Waals surface area contributed by atoms with Gasteiger partial charge in [0.1, 0.15) is 5.56 Å². The summed E-state index contributed by atoms with van der Waals surface area (Å²) in [5.74, 6) is -1.31. The van der Waals surface area contributed by atoms with Gasteiger partial charge in [-0.1, -0.05) is 0 Å². The number of nitrogens with one attached hydrogen (secondary N) is 1. The standard InChI is InChI=1S/C14H14N2O4S/c1-8-3-6-13(21-8)9(2)15-10-4-5-12(16(19)20)11(7-10)14(17)18/h3-7,9,15H,1-2H3,(H,17,18). The number of carboxylic acid groups (broad SMARTS) is 1. The Morgan fingerprint density at radius 1 is 1.38 bits per heavy atom. The van der Waals surface area contributed by atoms with Crippen molar-refractivity contribution in [3.8, 4) is 0 Å². The van der Waals surface area contributed by atoms with Crippen LogP contribution < -0.4 is 5.32 Å². The lowest BCUT2D eigenvalue weighted by Crippen LogP contribution is -2.08. The number of aromatic carboxylic acids is 1. The summed E-state index contributed by atoms with van der Waals surface area (Å²) in [6.07, 6.45) is 0. The third kappa shape index (κ3) is 3.38. The lowest BCUT2D eigenvalue weighted by atomic mass is 10.1. The van der Waals surface area contributed by atoms with Crippen LogP contribution in [0.25, 0.3) is 0 Å². The van der Waals surface area contributed by atoms with Crippen molar-refractivity contribution >= 4 is 28.7 Å². The van der Waals surface area contributed by atoms with E-state index in [1.54, 1.807) is 11.3 Å². The van der Waals surface area contributed by atoms with Gasteiger partial charge in [-0.05, 0) is 38.1 Å². The molecule has 1 heterocycles. The summed E-state index contributed by atoms with van der Waals surface area (Å²) in [7, 11) is 0. The molecule has 0 aliphatic rings. The maximum Gasteiger partial charge on any atom is 0.342 e. The molecule has 0 aliphatic heterocycles. The van der Waals surface area contributed by atoms with Crippen molar-refractivity contribution in [2.24, 2.45) is 0 Å². The first-order valence-corrected chi connectivity index (χ1v) is 7.04. The first kappa shape index (κ1) is 15.0. The third-order valence-corrected chi connectivity index (χ3v) is 4.18. The molecule has 0 spiro atoms. The number of benzene rings is 1. The Balaban J connectivity index is 2.27. The fourth-order valence-corrected chi connectivity index (χ4v) is 2.84. The number of rotatable bonds is 5. The molecule has 7 heteroatoms. The number of nitro benzene ring substituents is 1. The van der Waals surface area contributed by atoms with Crippen LogP contribution in [0.1, 0.15) is 33.1 Å². The van der Waals surface area contributed by atoms with Gasteiger partial charge in [-0.25, -0.2) is 4.79 Å². The summed E-state index contributed by atoms with van der Waals surface area (Å²) in [4.78, 5) is 23.5. The number of anilines is 1. The molecule has 21 heavy (non-hydrogen) atoms. The van der Waals surface area contributed by atoms with Gasteiger partial charge in [0, 0.05) is 21.5 Å². The Labute approximate surface area is 125 Å². The molecule has 1 aromatic heterocycles. The Bertz CT molecular complexity index is 696. The number of carbonyl (C=O) groups is 1. The summed E-state index contributed by atoms with van der Waals surface area (Å²) in [6.45, 7) is 3.96. The minimum atomic E-state index is -1.31. The van der Waals surface area contributed by atoms with E-state index in [0.717, 1.165) is 4.88 Å². The van der Waals surface area contributed by atoms with Gasteiger partial charge in [-0.3, -0.25) is 10.1 Å². The Morgan fingerprint density at radius 3 is 2.62 bits per heavy atom. The minimum Gasteiger partial charge on any atom is -0.477 e. The highest BCUT2D eigenvalue weighted by atomic mass is 32.1. The van der Waals surface area contributed by atoms with E-state index in [0.29, 0.717) is 5.69 Å². The van der Waals surface area contributed by atoms with Crippen LogP contribution in [0, 0.1) is 17.0 Å². The zero-order valence-electron chi connectivity index (χ0n) is 11.5. The second-order valence-electron chi connectivity index (χ2n) is 4.61. The quantitative estimate of drug-likeness (QED) is 0.646. The van der Waals surface area contributed by atoms with Crippen molar-refractivity contribution in [2.45, 2.75) is 19.9 Å². The number of nitro groups is 1. The topological polar surface area (TPSA) is 92.5 Å². The van der Waals surface area contributed by atoms with Crippen molar-refractivity contribution < 1.29 is 14.8 Å². The number of carboxylic acids is 1. The van der Waals surface area contributed by atoms with Crippen molar-refractivity contribution in [1.29, 1.82) is 0 Å². The van der Waals surface area contributed by atoms with Gasteiger partial charge in [0.05, 0.1) is 11.0 Å². The van der Waals surface area contributed by atoms with Gasteiger partial charge in [-0.15, -0.1) is 11.3 Å². The highest BCUT2D eigenvalue weighted by Crippen LogP contribution is 2.28. The van der Waals surface area contributed by atoms with Crippen LogP contribution >= 0.6 is 11.3 Å². The zero-order valence-corrected chi connectivity index (χ0v) is 12.3. The first-order chi connectivity index (χ1) is 9.88. The predicted molar refractivity (Wildman–Crippen MR) is 81.1 cm³/mol. The van der Waals surface area contributed by atoms with E-state index < -0.39 is 16.6 Å². The predicted octanol–water partition coefficient (Wildman–Crippen LogP) is 3.84. The highest BCUT2D eigenvalue weighted by molar-refractivity contribution is 7.12. The van der Waals surface area contributed by atoms with Gasteiger partial charge in [-0.2, -0.15) is 0 Å². The number of hydrogen-bond donors (Lipinski definition) is 2. The van der Waals surface area contributed by atoms with E-state index >= 15 is 0 Å². The normalized spacial score (nSPS) is 11.9. The van der Waals surface area contributed by atoms with Gasteiger partial charge in [0.25, 0.3) is 5.69 Å². The van der Waals surface area contributed by atoms with Crippen LogP contribution in [0.5, 0.6) is 0 Å². The third-order valence-electron chi connectivity index (χ3n) is 2.99. The molecule has 110 valence electrons. The maximum atomic E-state index is 11.1. The van der Waals surface area contributed by atoms with E-state index in [-0.39, 0.29) is 11.6 Å².